The van der Waals surface area contributed by atoms with Crippen molar-refractivity contribution in [1.29, 1.82) is 0 Å². The summed E-state index contributed by atoms with van der Waals surface area (Å²) in [4.78, 5) is 10.7. The summed E-state index contributed by atoms with van der Waals surface area (Å²) in [5.41, 5.74) is 0.824. The lowest BCUT2D eigenvalue weighted by Gasteiger charge is -2.47. The van der Waals surface area contributed by atoms with Gasteiger partial charge in [0.05, 0.1) is 10.5 Å². The largest absolute Gasteiger partial charge is 0.377 e. The van der Waals surface area contributed by atoms with Crippen molar-refractivity contribution in [2.45, 2.75) is 43.7 Å². The van der Waals surface area contributed by atoms with Crippen molar-refractivity contribution in [2.75, 3.05) is 11.9 Å². The Morgan fingerprint density at radius 3 is 2.84 bits per heavy atom. The summed E-state index contributed by atoms with van der Waals surface area (Å²) in [6, 6.07) is 7.12. The smallest absolute Gasteiger partial charge is 0.292 e. The molecule has 1 aliphatic carbocycles. The van der Waals surface area contributed by atoms with Gasteiger partial charge in [0.1, 0.15) is 5.69 Å². The van der Waals surface area contributed by atoms with Crippen molar-refractivity contribution in [2.24, 2.45) is 0 Å². The second-order valence-electron chi connectivity index (χ2n) is 5.49. The Morgan fingerprint density at radius 1 is 1.37 bits per heavy atom. The zero-order chi connectivity index (χ0) is 13.3. The lowest BCUT2D eigenvalue weighted by atomic mass is 9.74. The van der Waals surface area contributed by atoms with Gasteiger partial charge in [-0.05, 0) is 38.2 Å². The summed E-state index contributed by atoms with van der Waals surface area (Å²) in [5.74, 6) is 0. The summed E-state index contributed by atoms with van der Waals surface area (Å²) >= 11 is 0. The van der Waals surface area contributed by atoms with E-state index in [0.29, 0.717) is 5.69 Å². The highest BCUT2D eigenvalue weighted by Gasteiger charge is 2.42. The van der Waals surface area contributed by atoms with Gasteiger partial charge in [0, 0.05) is 18.7 Å². The maximum atomic E-state index is 11.0. The Morgan fingerprint density at radius 2 is 2.16 bits per heavy atom. The molecule has 1 unspecified atom stereocenters. The highest BCUT2D eigenvalue weighted by atomic mass is 16.6. The van der Waals surface area contributed by atoms with Crippen LogP contribution in [0.25, 0.3) is 0 Å². The van der Waals surface area contributed by atoms with Crippen LogP contribution >= 0.6 is 0 Å². The lowest BCUT2D eigenvalue weighted by molar-refractivity contribution is -0.384. The fourth-order valence-electron chi connectivity index (χ4n) is 3.05. The average Bonchev–Trinajstić information content (AvgIpc) is 2.37. The summed E-state index contributed by atoms with van der Waals surface area (Å²) in [7, 11) is 0. The summed E-state index contributed by atoms with van der Waals surface area (Å²) in [5, 5.41) is 14.3. The molecule has 0 bridgehead atoms. The first-order valence-corrected chi connectivity index (χ1v) is 6.82. The van der Waals surface area contributed by atoms with Gasteiger partial charge >= 0.3 is 0 Å². The molecule has 1 aromatic rings. The van der Waals surface area contributed by atoms with Crippen LogP contribution in [0.1, 0.15) is 32.1 Å². The van der Waals surface area contributed by atoms with Crippen molar-refractivity contribution in [3.05, 3.63) is 34.4 Å². The third-order valence-corrected chi connectivity index (χ3v) is 4.22. The molecule has 0 amide bonds. The maximum absolute atomic E-state index is 11.0. The number of nitrogens with one attached hydrogen (secondary N) is 1. The predicted octanol–water partition coefficient (Wildman–Crippen LogP) is 3.11. The molecule has 1 aliphatic heterocycles. The predicted molar refractivity (Wildman–Crippen MR) is 72.3 cm³/mol. The molecule has 3 rings (SSSR count). The number of nitro groups is 1. The molecule has 1 heterocycles. The van der Waals surface area contributed by atoms with Crippen LogP contribution in [0.5, 0.6) is 0 Å². The van der Waals surface area contributed by atoms with Gasteiger partial charge in [-0.1, -0.05) is 12.1 Å². The van der Waals surface area contributed by atoms with Crippen LogP contribution in [0.3, 0.4) is 0 Å². The van der Waals surface area contributed by atoms with Crippen LogP contribution in [0.2, 0.25) is 0 Å². The molecule has 2 fully saturated rings. The van der Waals surface area contributed by atoms with Gasteiger partial charge in [-0.25, -0.2) is 0 Å². The van der Waals surface area contributed by atoms with Crippen molar-refractivity contribution in [3.63, 3.8) is 0 Å². The first kappa shape index (κ1) is 12.4. The van der Waals surface area contributed by atoms with E-state index in [1.165, 1.54) is 6.42 Å². The molecule has 19 heavy (non-hydrogen) atoms. The molecule has 1 atom stereocenters. The summed E-state index contributed by atoms with van der Waals surface area (Å²) < 4.78 is 5.87. The van der Waals surface area contributed by atoms with E-state index in [1.54, 1.807) is 18.2 Å². The molecular weight excluding hydrogens is 244 g/mol. The van der Waals surface area contributed by atoms with Crippen LogP contribution in [-0.4, -0.2) is 23.2 Å². The quantitative estimate of drug-likeness (QED) is 0.671. The Hall–Kier alpha value is -1.62. The second kappa shape index (κ2) is 4.81. The van der Waals surface area contributed by atoms with Gasteiger partial charge in [-0.3, -0.25) is 10.1 Å². The number of hydrogen-bond donors (Lipinski definition) is 1. The number of rotatable bonds is 3. The van der Waals surface area contributed by atoms with E-state index in [4.69, 9.17) is 4.74 Å². The molecule has 5 nitrogen and oxygen atoms in total. The number of anilines is 1. The van der Waals surface area contributed by atoms with Crippen molar-refractivity contribution >= 4 is 11.4 Å². The van der Waals surface area contributed by atoms with Gasteiger partial charge in [0.25, 0.3) is 5.69 Å². The zero-order valence-corrected chi connectivity index (χ0v) is 10.8. The molecule has 2 aliphatic rings. The van der Waals surface area contributed by atoms with E-state index in [2.05, 4.69) is 5.32 Å². The van der Waals surface area contributed by atoms with E-state index in [9.17, 15) is 10.1 Å². The molecule has 102 valence electrons. The lowest BCUT2D eigenvalue weighted by Crippen LogP contribution is -2.49. The first-order valence-electron chi connectivity index (χ1n) is 6.82. The van der Waals surface area contributed by atoms with Crippen LogP contribution < -0.4 is 5.32 Å². The van der Waals surface area contributed by atoms with Gasteiger partial charge in [0.15, 0.2) is 0 Å². The standard InChI is InChI=1S/C14H18N2O3/c17-16(18)13-5-2-1-4-12(13)15-11-6-9-19-14(10-11)7-3-8-14/h1-2,4-5,11,15H,3,6-10H2. The third kappa shape index (κ3) is 2.42. The summed E-state index contributed by atoms with van der Waals surface area (Å²) in [6.07, 6.45) is 5.36. The molecule has 1 spiro atoms. The van der Waals surface area contributed by atoms with Crippen molar-refractivity contribution < 1.29 is 9.66 Å². The second-order valence-corrected chi connectivity index (χ2v) is 5.49. The van der Waals surface area contributed by atoms with Crippen LogP contribution in [-0.2, 0) is 4.74 Å². The number of nitro benzene ring substituents is 1. The number of benzene rings is 1. The molecule has 1 aromatic carbocycles. The van der Waals surface area contributed by atoms with Gasteiger partial charge in [0.2, 0.25) is 0 Å². The van der Waals surface area contributed by atoms with Gasteiger partial charge < -0.3 is 10.1 Å². The molecule has 1 saturated carbocycles. The minimum atomic E-state index is -0.333. The fraction of sp³-hybridized carbons (Fsp3) is 0.571. The molecule has 5 heteroatoms. The molecule has 0 aromatic heterocycles. The number of hydrogen-bond acceptors (Lipinski definition) is 4. The first-order chi connectivity index (χ1) is 9.19. The van der Waals surface area contributed by atoms with E-state index >= 15 is 0 Å². The van der Waals surface area contributed by atoms with Gasteiger partial charge in [-0.2, -0.15) is 0 Å². The van der Waals surface area contributed by atoms with E-state index in [0.717, 1.165) is 32.3 Å². The zero-order valence-electron chi connectivity index (χ0n) is 10.8. The SMILES string of the molecule is O=[N+]([O-])c1ccccc1NC1CCOC2(CCC2)C1. The van der Waals surface area contributed by atoms with Crippen molar-refractivity contribution in [3.8, 4) is 0 Å². The highest BCUT2D eigenvalue weighted by molar-refractivity contribution is 5.61. The molecular formula is C14H18N2O3. The Kier molecular flexibility index (Phi) is 3.14. The molecule has 1 saturated heterocycles. The van der Waals surface area contributed by atoms with E-state index in [-0.39, 0.29) is 22.3 Å². The van der Waals surface area contributed by atoms with E-state index < -0.39 is 0 Å². The Bertz CT molecular complexity index is 485. The minimum Gasteiger partial charge on any atom is -0.377 e. The normalized spacial score (nSPS) is 24.7. The topological polar surface area (TPSA) is 64.4 Å². The van der Waals surface area contributed by atoms with Gasteiger partial charge in [-0.15, -0.1) is 0 Å². The minimum absolute atomic E-state index is 0.0550. The van der Waals surface area contributed by atoms with Crippen LogP contribution in [0.4, 0.5) is 11.4 Å². The highest BCUT2D eigenvalue weighted by Crippen LogP contribution is 2.43. The van der Waals surface area contributed by atoms with E-state index in [1.807, 2.05) is 6.07 Å². The fourth-order valence-corrected chi connectivity index (χ4v) is 3.05. The molecule has 0 radical (unpaired) electrons. The number of ether oxygens (including phenoxy) is 1. The number of nitrogens with zero attached hydrogens (tertiary/aromatic N) is 1. The monoisotopic (exact) mass is 262 g/mol. The van der Waals surface area contributed by atoms with Crippen molar-refractivity contribution in [1.82, 2.24) is 0 Å². The van der Waals surface area contributed by atoms with Crippen LogP contribution in [0.15, 0.2) is 24.3 Å². The Labute approximate surface area is 112 Å². The van der Waals surface area contributed by atoms with Crippen LogP contribution in [0, 0.1) is 10.1 Å². The molecule has 1 N–H and O–H groups in total. The Balaban J connectivity index is 1.72. The number of para-hydroxylation sites is 2. The third-order valence-electron chi connectivity index (χ3n) is 4.22. The summed E-state index contributed by atoms with van der Waals surface area (Å²) in [6.45, 7) is 0.748. The average molecular weight is 262 g/mol. The maximum Gasteiger partial charge on any atom is 0.292 e.